The Hall–Kier alpha value is -2.30. The molecule has 0 unspecified atom stereocenters. The summed E-state index contributed by atoms with van der Waals surface area (Å²) in [7, 11) is 3.50. The summed E-state index contributed by atoms with van der Waals surface area (Å²) >= 11 is 0. The van der Waals surface area contributed by atoms with Crippen LogP contribution in [0.25, 0.3) is 0 Å². The molecular formula is C14H17N3O2. The molecule has 1 N–H and O–H groups in total. The minimum atomic E-state index is -0.131. The van der Waals surface area contributed by atoms with Crippen molar-refractivity contribution in [3.8, 4) is 5.75 Å². The van der Waals surface area contributed by atoms with E-state index < -0.39 is 0 Å². The quantitative estimate of drug-likeness (QED) is 0.897. The van der Waals surface area contributed by atoms with Gasteiger partial charge in [0.1, 0.15) is 5.75 Å². The molecule has 0 saturated carbocycles. The third-order valence-electron chi connectivity index (χ3n) is 3.24. The van der Waals surface area contributed by atoms with Gasteiger partial charge in [0.2, 0.25) is 0 Å². The van der Waals surface area contributed by atoms with E-state index in [2.05, 4.69) is 5.10 Å². The van der Waals surface area contributed by atoms with Gasteiger partial charge in [0.15, 0.2) is 0 Å². The van der Waals surface area contributed by atoms with Crippen molar-refractivity contribution in [2.45, 2.75) is 13.8 Å². The lowest BCUT2D eigenvalue weighted by Gasteiger charge is -2.17. The molecule has 0 radical (unpaired) electrons. The van der Waals surface area contributed by atoms with Crippen LogP contribution in [0.4, 0.5) is 5.69 Å². The van der Waals surface area contributed by atoms with Crippen molar-refractivity contribution in [1.29, 1.82) is 0 Å². The van der Waals surface area contributed by atoms with Gasteiger partial charge in [0.05, 0.1) is 11.3 Å². The van der Waals surface area contributed by atoms with Crippen molar-refractivity contribution in [3.05, 3.63) is 41.2 Å². The van der Waals surface area contributed by atoms with E-state index in [-0.39, 0.29) is 11.7 Å². The van der Waals surface area contributed by atoms with Gasteiger partial charge < -0.3 is 10.0 Å². The first-order valence-electron chi connectivity index (χ1n) is 5.99. The first kappa shape index (κ1) is 13.1. The molecule has 1 aromatic heterocycles. The first-order chi connectivity index (χ1) is 8.91. The topological polar surface area (TPSA) is 58.4 Å². The fourth-order valence-corrected chi connectivity index (χ4v) is 2.07. The molecule has 0 aliphatic rings. The van der Waals surface area contributed by atoms with Crippen LogP contribution in [-0.2, 0) is 7.05 Å². The fourth-order valence-electron chi connectivity index (χ4n) is 2.07. The molecule has 0 bridgehead atoms. The van der Waals surface area contributed by atoms with E-state index in [1.807, 2.05) is 20.9 Å². The van der Waals surface area contributed by atoms with Crippen molar-refractivity contribution in [2.24, 2.45) is 7.05 Å². The fraction of sp³-hybridized carbons (Fsp3) is 0.286. The average molecular weight is 259 g/mol. The molecule has 100 valence electrons. The highest BCUT2D eigenvalue weighted by molar-refractivity contribution is 6.07. The highest BCUT2D eigenvalue weighted by Gasteiger charge is 2.21. The van der Waals surface area contributed by atoms with Crippen molar-refractivity contribution >= 4 is 11.6 Å². The number of hydrogen-bond donors (Lipinski definition) is 1. The van der Waals surface area contributed by atoms with E-state index in [0.29, 0.717) is 16.9 Å². The van der Waals surface area contributed by atoms with Crippen LogP contribution >= 0.6 is 0 Å². The monoisotopic (exact) mass is 259 g/mol. The van der Waals surface area contributed by atoms with E-state index in [9.17, 15) is 9.90 Å². The van der Waals surface area contributed by atoms with E-state index in [1.54, 1.807) is 36.0 Å². The number of amides is 1. The predicted octanol–water partition coefficient (Wildman–Crippen LogP) is 2.02. The molecule has 0 saturated heterocycles. The number of hydrogen-bond acceptors (Lipinski definition) is 3. The summed E-state index contributed by atoms with van der Waals surface area (Å²) in [5.74, 6) is 0.00507. The van der Waals surface area contributed by atoms with Gasteiger partial charge in [0, 0.05) is 31.5 Å². The number of carbonyl (C=O) groups is 1. The van der Waals surface area contributed by atoms with Gasteiger partial charge in [-0.2, -0.15) is 5.10 Å². The third kappa shape index (κ3) is 2.31. The second-order valence-corrected chi connectivity index (χ2v) is 4.55. The number of aromatic nitrogens is 2. The van der Waals surface area contributed by atoms with Gasteiger partial charge in [-0.3, -0.25) is 9.48 Å². The molecule has 19 heavy (non-hydrogen) atoms. The van der Waals surface area contributed by atoms with Gasteiger partial charge >= 0.3 is 0 Å². The first-order valence-corrected chi connectivity index (χ1v) is 5.99. The van der Waals surface area contributed by atoms with Gasteiger partial charge in [-0.1, -0.05) is 6.07 Å². The summed E-state index contributed by atoms with van der Waals surface area (Å²) in [4.78, 5) is 14.0. The Morgan fingerprint density at radius 1 is 1.37 bits per heavy atom. The minimum Gasteiger partial charge on any atom is -0.508 e. The smallest absolute Gasteiger partial charge is 0.261 e. The van der Waals surface area contributed by atoms with Crippen LogP contribution < -0.4 is 4.90 Å². The van der Waals surface area contributed by atoms with Crippen LogP contribution in [0.1, 0.15) is 21.7 Å². The maximum absolute atomic E-state index is 12.5. The predicted molar refractivity (Wildman–Crippen MR) is 73.5 cm³/mol. The molecule has 1 heterocycles. The molecule has 5 nitrogen and oxygen atoms in total. The Kier molecular flexibility index (Phi) is 3.29. The number of rotatable bonds is 2. The van der Waals surface area contributed by atoms with Crippen LogP contribution in [0.15, 0.2) is 24.3 Å². The minimum absolute atomic E-state index is 0.131. The molecular weight excluding hydrogens is 242 g/mol. The van der Waals surface area contributed by atoms with Gasteiger partial charge in [-0.25, -0.2) is 0 Å². The highest BCUT2D eigenvalue weighted by atomic mass is 16.3. The summed E-state index contributed by atoms with van der Waals surface area (Å²) in [5, 5.41) is 13.7. The molecule has 1 aromatic carbocycles. The zero-order chi connectivity index (χ0) is 14.2. The molecule has 1 amide bonds. The van der Waals surface area contributed by atoms with E-state index in [1.165, 1.54) is 4.90 Å². The number of aromatic hydroxyl groups is 1. The van der Waals surface area contributed by atoms with Crippen molar-refractivity contribution in [2.75, 3.05) is 11.9 Å². The van der Waals surface area contributed by atoms with Crippen LogP contribution in [0.5, 0.6) is 5.75 Å². The Bertz CT molecular complexity index is 632. The van der Waals surface area contributed by atoms with Crippen LogP contribution in [0.3, 0.4) is 0 Å². The third-order valence-corrected chi connectivity index (χ3v) is 3.24. The number of phenolic OH excluding ortho intramolecular Hbond substituents is 1. The summed E-state index contributed by atoms with van der Waals surface area (Å²) in [6.45, 7) is 3.68. The standard InChI is InChI=1S/C14H17N3O2/c1-9-13(10(2)17(4)15-9)14(19)16(3)11-6-5-7-12(18)8-11/h5-8,18H,1-4H3. The Labute approximate surface area is 112 Å². The molecule has 2 rings (SSSR count). The highest BCUT2D eigenvalue weighted by Crippen LogP contribution is 2.22. The average Bonchev–Trinajstić information content (AvgIpc) is 2.61. The van der Waals surface area contributed by atoms with Gasteiger partial charge in [-0.05, 0) is 26.0 Å². The van der Waals surface area contributed by atoms with E-state index in [4.69, 9.17) is 0 Å². The normalized spacial score (nSPS) is 10.5. The van der Waals surface area contributed by atoms with Gasteiger partial charge in [-0.15, -0.1) is 0 Å². The largest absolute Gasteiger partial charge is 0.508 e. The summed E-state index contributed by atoms with van der Waals surface area (Å²) in [6, 6.07) is 6.61. The van der Waals surface area contributed by atoms with Crippen molar-refractivity contribution in [1.82, 2.24) is 9.78 Å². The van der Waals surface area contributed by atoms with Gasteiger partial charge in [0.25, 0.3) is 5.91 Å². The molecule has 0 atom stereocenters. The van der Waals surface area contributed by atoms with Crippen molar-refractivity contribution < 1.29 is 9.90 Å². The Balaban J connectivity index is 2.39. The second-order valence-electron chi connectivity index (χ2n) is 4.55. The number of anilines is 1. The number of phenols is 1. The number of nitrogens with zero attached hydrogens (tertiary/aromatic N) is 3. The van der Waals surface area contributed by atoms with Crippen molar-refractivity contribution in [3.63, 3.8) is 0 Å². The Morgan fingerprint density at radius 3 is 2.58 bits per heavy atom. The molecule has 5 heteroatoms. The summed E-state index contributed by atoms with van der Waals surface area (Å²) in [6.07, 6.45) is 0. The lowest BCUT2D eigenvalue weighted by molar-refractivity contribution is 0.0992. The number of aryl methyl sites for hydroxylation is 2. The second kappa shape index (κ2) is 4.76. The number of carbonyl (C=O) groups excluding carboxylic acids is 1. The zero-order valence-corrected chi connectivity index (χ0v) is 11.5. The van der Waals surface area contributed by atoms with Crippen LogP contribution in [-0.4, -0.2) is 27.8 Å². The maximum atomic E-state index is 12.5. The Morgan fingerprint density at radius 2 is 2.05 bits per heavy atom. The van der Waals surface area contributed by atoms with E-state index in [0.717, 1.165) is 5.69 Å². The van der Waals surface area contributed by atoms with Crippen LogP contribution in [0.2, 0.25) is 0 Å². The summed E-state index contributed by atoms with van der Waals surface area (Å²) in [5.41, 5.74) is 2.78. The molecule has 0 aliphatic carbocycles. The molecule has 0 spiro atoms. The number of benzene rings is 1. The molecule has 0 fully saturated rings. The zero-order valence-electron chi connectivity index (χ0n) is 11.5. The molecule has 0 aliphatic heterocycles. The van der Waals surface area contributed by atoms with E-state index >= 15 is 0 Å². The maximum Gasteiger partial charge on any atom is 0.261 e. The lowest BCUT2D eigenvalue weighted by atomic mass is 10.1. The lowest BCUT2D eigenvalue weighted by Crippen LogP contribution is -2.27. The SMILES string of the molecule is Cc1nn(C)c(C)c1C(=O)N(C)c1cccc(O)c1. The molecule has 2 aromatic rings. The summed E-state index contributed by atoms with van der Waals surface area (Å²) < 4.78 is 1.69. The van der Waals surface area contributed by atoms with Crippen LogP contribution in [0, 0.1) is 13.8 Å².